The number of nitrogens with zero attached hydrogens (tertiary/aromatic N) is 2. The van der Waals surface area contributed by atoms with Crippen LogP contribution in [0.15, 0.2) is 23.2 Å². The zero-order valence-electron chi connectivity index (χ0n) is 12.7. The van der Waals surface area contributed by atoms with E-state index in [0.29, 0.717) is 0 Å². The second kappa shape index (κ2) is 5.24. The number of hydrogen-bond donors (Lipinski definition) is 1. The molecule has 0 atom stereocenters. The van der Waals surface area contributed by atoms with Gasteiger partial charge in [-0.05, 0) is 25.0 Å². The van der Waals surface area contributed by atoms with Crippen molar-refractivity contribution in [1.29, 1.82) is 0 Å². The minimum atomic E-state index is 0.101. The van der Waals surface area contributed by atoms with Crippen LogP contribution in [-0.4, -0.2) is 37.5 Å². The zero-order chi connectivity index (χ0) is 14.0. The molecular weight excluding hydrogens is 234 g/mol. The Morgan fingerprint density at radius 2 is 2.05 bits per heavy atom. The third-order valence-electron chi connectivity index (χ3n) is 3.86. The fourth-order valence-electron chi connectivity index (χ4n) is 2.69. The van der Waals surface area contributed by atoms with E-state index < -0.39 is 0 Å². The first-order valence-electron chi connectivity index (χ1n) is 6.97. The van der Waals surface area contributed by atoms with Crippen LogP contribution in [0.25, 0.3) is 0 Å². The van der Waals surface area contributed by atoms with Crippen LogP contribution in [0.1, 0.15) is 30.5 Å². The van der Waals surface area contributed by atoms with Gasteiger partial charge < -0.3 is 10.2 Å². The number of likely N-dealkylation sites (N-methyl/N-ethyl adjacent to an activating group) is 1. The first-order valence-corrected chi connectivity index (χ1v) is 6.97. The smallest absolute Gasteiger partial charge is 0.193 e. The third kappa shape index (κ3) is 3.09. The number of nitrogens with one attached hydrogen (secondary N) is 1. The first-order chi connectivity index (χ1) is 8.90. The van der Waals surface area contributed by atoms with Crippen molar-refractivity contribution in [3.05, 3.63) is 34.9 Å². The molecule has 0 amide bonds. The average Bonchev–Trinajstić information content (AvgIpc) is 2.72. The Balaban J connectivity index is 2.09. The van der Waals surface area contributed by atoms with Crippen LogP contribution < -0.4 is 5.32 Å². The molecule has 104 valence electrons. The number of hydrogen-bond acceptors (Lipinski definition) is 3. The van der Waals surface area contributed by atoms with Crippen LogP contribution >= 0.6 is 0 Å². The molecule has 19 heavy (non-hydrogen) atoms. The SMILES string of the molecule is Cc1ccc(C(C)(C)CNC2=NCCN2C)c(C)c1. The summed E-state index contributed by atoms with van der Waals surface area (Å²) in [6.07, 6.45) is 0. The van der Waals surface area contributed by atoms with Crippen molar-refractivity contribution in [2.45, 2.75) is 33.1 Å². The molecule has 1 aliphatic rings. The molecule has 0 saturated heterocycles. The number of benzene rings is 1. The quantitative estimate of drug-likeness (QED) is 0.903. The molecule has 0 fully saturated rings. The van der Waals surface area contributed by atoms with Gasteiger partial charge in [-0.3, -0.25) is 4.99 Å². The number of aryl methyl sites for hydroxylation is 2. The van der Waals surface area contributed by atoms with Gasteiger partial charge in [-0.25, -0.2) is 0 Å². The van der Waals surface area contributed by atoms with E-state index in [1.54, 1.807) is 0 Å². The summed E-state index contributed by atoms with van der Waals surface area (Å²) in [5.41, 5.74) is 4.20. The maximum atomic E-state index is 4.48. The Labute approximate surface area is 116 Å². The maximum Gasteiger partial charge on any atom is 0.193 e. The lowest BCUT2D eigenvalue weighted by Crippen LogP contribution is -2.42. The summed E-state index contributed by atoms with van der Waals surface area (Å²) < 4.78 is 0. The normalized spacial score (nSPS) is 15.6. The predicted molar refractivity (Wildman–Crippen MR) is 81.9 cm³/mol. The topological polar surface area (TPSA) is 27.6 Å². The summed E-state index contributed by atoms with van der Waals surface area (Å²) >= 11 is 0. The van der Waals surface area contributed by atoms with E-state index in [1.165, 1.54) is 16.7 Å². The van der Waals surface area contributed by atoms with Crippen molar-refractivity contribution in [1.82, 2.24) is 10.2 Å². The van der Waals surface area contributed by atoms with Crippen molar-refractivity contribution in [2.75, 3.05) is 26.7 Å². The van der Waals surface area contributed by atoms with Crippen molar-refractivity contribution in [2.24, 2.45) is 4.99 Å². The highest BCUT2D eigenvalue weighted by Crippen LogP contribution is 2.26. The van der Waals surface area contributed by atoms with E-state index in [-0.39, 0.29) is 5.41 Å². The Morgan fingerprint density at radius 3 is 2.63 bits per heavy atom. The number of guanidine groups is 1. The van der Waals surface area contributed by atoms with E-state index in [1.807, 2.05) is 0 Å². The largest absolute Gasteiger partial charge is 0.355 e. The van der Waals surface area contributed by atoms with Gasteiger partial charge >= 0.3 is 0 Å². The second-order valence-electron chi connectivity index (χ2n) is 6.18. The molecule has 1 aromatic rings. The van der Waals surface area contributed by atoms with Gasteiger partial charge in [0.1, 0.15) is 0 Å². The lowest BCUT2D eigenvalue weighted by molar-refractivity contribution is 0.479. The molecule has 1 heterocycles. The fourth-order valence-corrected chi connectivity index (χ4v) is 2.69. The lowest BCUT2D eigenvalue weighted by atomic mass is 9.81. The maximum absolute atomic E-state index is 4.48. The summed E-state index contributed by atoms with van der Waals surface area (Å²) in [6.45, 7) is 11.7. The molecule has 0 saturated carbocycles. The van der Waals surface area contributed by atoms with Crippen molar-refractivity contribution in [3.63, 3.8) is 0 Å². The summed E-state index contributed by atoms with van der Waals surface area (Å²) in [4.78, 5) is 6.66. The molecule has 0 aromatic heterocycles. The fraction of sp³-hybridized carbons (Fsp3) is 0.562. The molecule has 0 bridgehead atoms. The second-order valence-corrected chi connectivity index (χ2v) is 6.18. The van der Waals surface area contributed by atoms with Gasteiger partial charge in [-0.15, -0.1) is 0 Å². The Morgan fingerprint density at radius 1 is 1.32 bits per heavy atom. The zero-order valence-corrected chi connectivity index (χ0v) is 12.7. The Kier molecular flexibility index (Phi) is 3.83. The highest BCUT2D eigenvalue weighted by Gasteiger charge is 2.24. The summed E-state index contributed by atoms with van der Waals surface area (Å²) in [5, 5.41) is 3.49. The summed E-state index contributed by atoms with van der Waals surface area (Å²) in [6, 6.07) is 6.71. The van der Waals surface area contributed by atoms with Gasteiger partial charge in [-0.1, -0.05) is 37.6 Å². The number of rotatable bonds is 3. The highest BCUT2D eigenvalue weighted by molar-refractivity contribution is 5.81. The van der Waals surface area contributed by atoms with Crippen LogP contribution in [0, 0.1) is 13.8 Å². The van der Waals surface area contributed by atoms with Crippen molar-refractivity contribution >= 4 is 5.96 Å². The molecule has 3 heteroatoms. The van der Waals surface area contributed by atoms with Gasteiger partial charge in [0, 0.05) is 25.6 Å². The molecule has 0 aliphatic carbocycles. The highest BCUT2D eigenvalue weighted by atomic mass is 15.3. The molecule has 1 aromatic carbocycles. The minimum Gasteiger partial charge on any atom is -0.355 e. The van der Waals surface area contributed by atoms with Gasteiger partial charge in [0.05, 0.1) is 6.54 Å². The van der Waals surface area contributed by atoms with Crippen LogP contribution in [-0.2, 0) is 5.41 Å². The molecular formula is C16H25N3. The Hall–Kier alpha value is -1.51. The number of aliphatic imine (C=N–C) groups is 1. The van der Waals surface area contributed by atoms with E-state index in [0.717, 1.165) is 25.6 Å². The molecule has 1 aliphatic heterocycles. The van der Waals surface area contributed by atoms with Crippen LogP contribution in [0.3, 0.4) is 0 Å². The van der Waals surface area contributed by atoms with E-state index in [4.69, 9.17) is 0 Å². The monoisotopic (exact) mass is 259 g/mol. The van der Waals surface area contributed by atoms with Crippen LogP contribution in [0.2, 0.25) is 0 Å². The van der Waals surface area contributed by atoms with E-state index in [2.05, 4.69) is 68.2 Å². The van der Waals surface area contributed by atoms with Gasteiger partial charge in [-0.2, -0.15) is 0 Å². The summed E-state index contributed by atoms with van der Waals surface area (Å²) in [5.74, 6) is 1.03. The predicted octanol–water partition coefficient (Wildman–Crippen LogP) is 2.47. The van der Waals surface area contributed by atoms with Crippen molar-refractivity contribution in [3.8, 4) is 0 Å². The lowest BCUT2D eigenvalue weighted by Gasteiger charge is -2.29. The van der Waals surface area contributed by atoms with Gasteiger partial charge in [0.15, 0.2) is 5.96 Å². The van der Waals surface area contributed by atoms with E-state index in [9.17, 15) is 0 Å². The average molecular weight is 259 g/mol. The first kappa shape index (κ1) is 13.9. The van der Waals surface area contributed by atoms with E-state index >= 15 is 0 Å². The molecule has 2 rings (SSSR count). The molecule has 0 radical (unpaired) electrons. The van der Waals surface area contributed by atoms with Gasteiger partial charge in [0.2, 0.25) is 0 Å². The van der Waals surface area contributed by atoms with Crippen molar-refractivity contribution < 1.29 is 0 Å². The third-order valence-corrected chi connectivity index (χ3v) is 3.86. The molecule has 3 nitrogen and oxygen atoms in total. The Bertz CT molecular complexity index is 489. The molecule has 0 spiro atoms. The molecule has 1 N–H and O–H groups in total. The minimum absolute atomic E-state index is 0.101. The molecule has 0 unspecified atom stereocenters. The summed E-state index contributed by atoms with van der Waals surface area (Å²) in [7, 11) is 2.09. The standard InChI is InChI=1S/C16H25N3/c1-12-6-7-14(13(2)10-12)16(3,4)11-18-15-17-8-9-19(15)5/h6-7,10H,8-9,11H2,1-5H3,(H,17,18). The van der Waals surface area contributed by atoms with Crippen LogP contribution in [0.4, 0.5) is 0 Å². The van der Waals surface area contributed by atoms with Crippen LogP contribution in [0.5, 0.6) is 0 Å². The van der Waals surface area contributed by atoms with Gasteiger partial charge in [0.25, 0.3) is 0 Å².